The van der Waals surface area contributed by atoms with E-state index in [-0.39, 0.29) is 5.75 Å². The van der Waals surface area contributed by atoms with Gasteiger partial charge in [-0.1, -0.05) is 23.8 Å². The van der Waals surface area contributed by atoms with Crippen LogP contribution in [0.25, 0.3) is 0 Å². The summed E-state index contributed by atoms with van der Waals surface area (Å²) in [5.41, 5.74) is 1.06. The standard InChI is InChI=1S/C12H12O2S2/c1-10-4-6-12(7-5-10)16(13,14)9-11-3-2-8-15-11/h2-8H,9H2,1H3. The zero-order valence-corrected chi connectivity index (χ0v) is 10.5. The number of benzene rings is 1. The van der Waals surface area contributed by atoms with Gasteiger partial charge in [-0.05, 0) is 30.5 Å². The number of aryl methyl sites for hydroxylation is 1. The van der Waals surface area contributed by atoms with Crippen LogP contribution in [0.3, 0.4) is 0 Å². The first kappa shape index (κ1) is 11.4. The van der Waals surface area contributed by atoms with Crippen molar-refractivity contribution in [1.82, 2.24) is 0 Å². The highest BCUT2D eigenvalue weighted by Gasteiger charge is 2.15. The third kappa shape index (κ3) is 2.51. The average Bonchev–Trinajstić information content (AvgIpc) is 2.70. The molecular formula is C12H12O2S2. The molecule has 0 radical (unpaired) electrons. The van der Waals surface area contributed by atoms with E-state index in [1.165, 1.54) is 11.3 Å². The van der Waals surface area contributed by atoms with E-state index < -0.39 is 9.84 Å². The van der Waals surface area contributed by atoms with E-state index in [1.807, 2.05) is 36.6 Å². The Morgan fingerprint density at radius 3 is 2.38 bits per heavy atom. The molecule has 4 heteroatoms. The summed E-state index contributed by atoms with van der Waals surface area (Å²) in [5.74, 6) is 0.0910. The summed E-state index contributed by atoms with van der Waals surface area (Å²) < 4.78 is 24.0. The van der Waals surface area contributed by atoms with Gasteiger partial charge in [0.25, 0.3) is 0 Å². The Balaban J connectivity index is 2.29. The van der Waals surface area contributed by atoms with Crippen molar-refractivity contribution in [2.24, 2.45) is 0 Å². The Hall–Kier alpha value is -1.13. The van der Waals surface area contributed by atoms with Gasteiger partial charge in [0.2, 0.25) is 0 Å². The third-order valence-electron chi connectivity index (χ3n) is 2.29. The Morgan fingerprint density at radius 2 is 1.81 bits per heavy atom. The zero-order chi connectivity index (χ0) is 11.6. The van der Waals surface area contributed by atoms with Gasteiger partial charge in [0.05, 0.1) is 10.6 Å². The van der Waals surface area contributed by atoms with Crippen LogP contribution in [0, 0.1) is 6.92 Å². The molecule has 0 saturated carbocycles. The number of thiophene rings is 1. The van der Waals surface area contributed by atoms with Gasteiger partial charge in [-0.25, -0.2) is 8.42 Å². The summed E-state index contributed by atoms with van der Waals surface area (Å²) >= 11 is 1.47. The van der Waals surface area contributed by atoms with Crippen LogP contribution in [0.4, 0.5) is 0 Å². The van der Waals surface area contributed by atoms with Crippen LogP contribution in [0.15, 0.2) is 46.7 Å². The summed E-state index contributed by atoms with van der Waals surface area (Å²) in [6, 6.07) is 10.7. The summed E-state index contributed by atoms with van der Waals surface area (Å²) in [6.45, 7) is 1.94. The number of rotatable bonds is 3. The molecular weight excluding hydrogens is 240 g/mol. The van der Waals surface area contributed by atoms with E-state index in [4.69, 9.17) is 0 Å². The van der Waals surface area contributed by atoms with E-state index in [0.717, 1.165) is 10.4 Å². The van der Waals surface area contributed by atoms with Crippen molar-refractivity contribution >= 4 is 21.2 Å². The highest BCUT2D eigenvalue weighted by atomic mass is 32.2. The molecule has 0 atom stereocenters. The maximum atomic E-state index is 12.0. The molecule has 1 heterocycles. The molecule has 1 aromatic heterocycles. The van der Waals surface area contributed by atoms with Gasteiger partial charge < -0.3 is 0 Å². The largest absolute Gasteiger partial charge is 0.223 e. The zero-order valence-electron chi connectivity index (χ0n) is 8.88. The van der Waals surface area contributed by atoms with Crippen LogP contribution in [0.1, 0.15) is 10.4 Å². The molecule has 0 aliphatic rings. The quantitative estimate of drug-likeness (QED) is 0.841. The molecule has 0 aliphatic carbocycles. The third-order valence-corrected chi connectivity index (χ3v) is 5.03. The lowest BCUT2D eigenvalue weighted by atomic mass is 10.2. The molecule has 16 heavy (non-hydrogen) atoms. The number of sulfone groups is 1. The van der Waals surface area contributed by atoms with Gasteiger partial charge in [0.15, 0.2) is 9.84 Å². The second-order valence-electron chi connectivity index (χ2n) is 3.65. The molecule has 84 valence electrons. The SMILES string of the molecule is Cc1ccc(S(=O)(=O)Cc2cccs2)cc1. The summed E-state index contributed by atoms with van der Waals surface area (Å²) in [5, 5.41) is 1.89. The topological polar surface area (TPSA) is 34.1 Å². The second-order valence-corrected chi connectivity index (χ2v) is 6.67. The lowest BCUT2D eigenvalue weighted by Crippen LogP contribution is -2.03. The predicted molar refractivity (Wildman–Crippen MR) is 66.4 cm³/mol. The Labute approximate surface area is 99.5 Å². The lowest BCUT2D eigenvalue weighted by molar-refractivity contribution is 0.595. The van der Waals surface area contributed by atoms with Gasteiger partial charge >= 0.3 is 0 Å². The van der Waals surface area contributed by atoms with E-state index in [0.29, 0.717) is 4.90 Å². The van der Waals surface area contributed by atoms with Gasteiger partial charge in [0.1, 0.15) is 0 Å². The van der Waals surface area contributed by atoms with Crippen LogP contribution in [0.2, 0.25) is 0 Å². The van der Waals surface area contributed by atoms with Crippen molar-refractivity contribution in [2.75, 3.05) is 0 Å². The van der Waals surface area contributed by atoms with Crippen LogP contribution < -0.4 is 0 Å². The van der Waals surface area contributed by atoms with E-state index in [9.17, 15) is 8.42 Å². The van der Waals surface area contributed by atoms with Crippen molar-refractivity contribution in [3.8, 4) is 0 Å². The molecule has 0 unspecified atom stereocenters. The van der Waals surface area contributed by atoms with E-state index >= 15 is 0 Å². The second kappa shape index (κ2) is 4.39. The molecule has 0 aliphatic heterocycles. The highest BCUT2D eigenvalue weighted by Crippen LogP contribution is 2.19. The molecule has 2 nitrogen and oxygen atoms in total. The van der Waals surface area contributed by atoms with Crippen molar-refractivity contribution < 1.29 is 8.42 Å². The predicted octanol–water partition coefficient (Wildman–Crippen LogP) is 3.03. The molecule has 0 N–H and O–H groups in total. The van der Waals surface area contributed by atoms with Crippen molar-refractivity contribution in [2.45, 2.75) is 17.6 Å². The molecule has 1 aromatic carbocycles. The smallest absolute Gasteiger partial charge is 0.183 e. The average molecular weight is 252 g/mol. The summed E-state index contributed by atoms with van der Waals surface area (Å²) in [6.07, 6.45) is 0. The molecule has 0 bridgehead atoms. The number of hydrogen-bond acceptors (Lipinski definition) is 3. The van der Waals surface area contributed by atoms with E-state index in [1.54, 1.807) is 12.1 Å². The number of hydrogen-bond donors (Lipinski definition) is 0. The van der Waals surface area contributed by atoms with E-state index in [2.05, 4.69) is 0 Å². The first-order valence-electron chi connectivity index (χ1n) is 4.90. The Bertz CT molecular complexity index is 552. The normalized spacial score (nSPS) is 11.6. The first-order valence-corrected chi connectivity index (χ1v) is 7.43. The fourth-order valence-corrected chi connectivity index (χ4v) is 3.83. The van der Waals surface area contributed by atoms with Crippen LogP contribution in [-0.2, 0) is 15.6 Å². The molecule has 2 aromatic rings. The van der Waals surface area contributed by atoms with Crippen molar-refractivity contribution in [1.29, 1.82) is 0 Å². The van der Waals surface area contributed by atoms with Crippen molar-refractivity contribution in [3.63, 3.8) is 0 Å². The van der Waals surface area contributed by atoms with Crippen LogP contribution >= 0.6 is 11.3 Å². The Morgan fingerprint density at radius 1 is 1.12 bits per heavy atom. The fraction of sp³-hybridized carbons (Fsp3) is 0.167. The Kier molecular flexibility index (Phi) is 3.12. The van der Waals surface area contributed by atoms with Crippen molar-refractivity contribution in [3.05, 3.63) is 52.2 Å². The van der Waals surface area contributed by atoms with Gasteiger partial charge in [0, 0.05) is 4.88 Å². The minimum Gasteiger partial charge on any atom is -0.223 e. The molecule has 0 fully saturated rings. The summed E-state index contributed by atoms with van der Waals surface area (Å²) in [7, 11) is -3.19. The monoisotopic (exact) mass is 252 g/mol. The summed E-state index contributed by atoms with van der Waals surface area (Å²) in [4.78, 5) is 1.27. The van der Waals surface area contributed by atoms with Crippen LogP contribution in [-0.4, -0.2) is 8.42 Å². The minimum atomic E-state index is -3.19. The molecule has 0 saturated heterocycles. The maximum absolute atomic E-state index is 12.0. The molecule has 0 spiro atoms. The minimum absolute atomic E-state index is 0.0910. The van der Waals surface area contributed by atoms with Gasteiger partial charge in [-0.15, -0.1) is 11.3 Å². The molecule has 0 amide bonds. The van der Waals surface area contributed by atoms with Gasteiger partial charge in [-0.3, -0.25) is 0 Å². The maximum Gasteiger partial charge on any atom is 0.183 e. The highest BCUT2D eigenvalue weighted by molar-refractivity contribution is 7.90. The first-order chi connectivity index (χ1) is 7.58. The fourth-order valence-electron chi connectivity index (χ4n) is 1.41. The van der Waals surface area contributed by atoms with Crippen LogP contribution in [0.5, 0.6) is 0 Å². The molecule has 2 rings (SSSR count). The lowest BCUT2D eigenvalue weighted by Gasteiger charge is -2.03. The van der Waals surface area contributed by atoms with Gasteiger partial charge in [-0.2, -0.15) is 0 Å².